The number of quaternary nitrogens is 1. The minimum Gasteiger partial charge on any atom is -0.351 e. The van der Waals surface area contributed by atoms with Crippen LogP contribution in [0.3, 0.4) is 0 Å². The van der Waals surface area contributed by atoms with E-state index in [1.165, 1.54) is 11.1 Å². The van der Waals surface area contributed by atoms with Crippen LogP contribution < -0.4 is 10.8 Å². The van der Waals surface area contributed by atoms with E-state index in [2.05, 4.69) is 41.5 Å². The first-order valence-electron chi connectivity index (χ1n) is 8.83. The second-order valence-electron chi connectivity index (χ2n) is 6.67. The zero-order valence-corrected chi connectivity index (χ0v) is 15.6. The highest BCUT2D eigenvalue weighted by Crippen LogP contribution is 2.27. The number of ketones is 1. The first-order chi connectivity index (χ1) is 12.6. The van der Waals surface area contributed by atoms with E-state index in [0.29, 0.717) is 5.56 Å². The van der Waals surface area contributed by atoms with Crippen LogP contribution in [0.1, 0.15) is 29.3 Å². The van der Waals surface area contributed by atoms with Crippen LogP contribution >= 0.6 is 0 Å². The summed E-state index contributed by atoms with van der Waals surface area (Å²) in [5.41, 5.74) is 7.68. The molecule has 2 aromatic carbocycles. The molecule has 26 heavy (non-hydrogen) atoms. The number of anilines is 2. The van der Waals surface area contributed by atoms with Gasteiger partial charge in [0.25, 0.3) is 0 Å². The standard InChI is InChI=1S/C21H25N3O2/c1-15(25)16-9-10-20(21(13-16)23-26-3)22-19-8-4-6-17(12-19)18-7-5-11-24(2)14-18/h4,6-10,12-13,22-23H,5,11,14H2,1-3H3/p+1. The van der Waals surface area contributed by atoms with Crippen LogP contribution in [0.4, 0.5) is 17.1 Å². The summed E-state index contributed by atoms with van der Waals surface area (Å²) in [6.45, 7) is 3.65. The Kier molecular flexibility index (Phi) is 5.83. The number of nitrogens with two attached hydrogens (primary N) is 1. The van der Waals surface area contributed by atoms with Crippen LogP contribution in [0, 0.1) is 0 Å². The predicted octanol–water partition coefficient (Wildman–Crippen LogP) is 3.11. The first kappa shape index (κ1) is 18.3. The second-order valence-corrected chi connectivity index (χ2v) is 6.67. The van der Waals surface area contributed by atoms with E-state index in [0.717, 1.165) is 36.6 Å². The summed E-state index contributed by atoms with van der Waals surface area (Å²) in [4.78, 5) is 19.1. The number of hydrogen-bond donors (Lipinski definition) is 2. The van der Waals surface area contributed by atoms with Crippen molar-refractivity contribution in [2.45, 2.75) is 13.3 Å². The summed E-state index contributed by atoms with van der Waals surface area (Å²) in [6.07, 6.45) is 3.41. The summed E-state index contributed by atoms with van der Waals surface area (Å²) in [7, 11) is 3.76. The lowest BCUT2D eigenvalue weighted by molar-refractivity contribution is -0.829. The molecular formula is C21H26N3O2+. The Morgan fingerprint density at radius 2 is 2.08 bits per heavy atom. The number of hydrogen-bond acceptors (Lipinski definition) is 4. The van der Waals surface area contributed by atoms with E-state index in [1.807, 2.05) is 24.3 Å². The number of likely N-dealkylation sites (N-methyl/N-ethyl adjacent to an activating group) is 1. The van der Waals surface area contributed by atoms with Crippen molar-refractivity contribution in [3.8, 4) is 0 Å². The summed E-state index contributed by atoms with van der Waals surface area (Å²) >= 11 is 0. The van der Waals surface area contributed by atoms with E-state index < -0.39 is 0 Å². The topological polar surface area (TPSA) is 58.2 Å². The molecule has 2 aromatic rings. The average Bonchev–Trinajstić information content (AvgIpc) is 2.63. The van der Waals surface area contributed by atoms with Gasteiger partial charge < -0.3 is 10.2 Å². The highest BCUT2D eigenvalue weighted by Gasteiger charge is 2.13. The van der Waals surface area contributed by atoms with Crippen molar-refractivity contribution < 1.29 is 15.1 Å². The minimum absolute atomic E-state index is 0.0395. The number of carbonyl (C=O) groups is 1. The molecule has 136 valence electrons. The summed E-state index contributed by atoms with van der Waals surface area (Å²) in [5, 5.41) is 3.45. The van der Waals surface area contributed by atoms with Crippen LogP contribution in [-0.4, -0.2) is 37.9 Å². The predicted molar refractivity (Wildman–Crippen MR) is 105 cm³/mol. The highest BCUT2D eigenvalue weighted by molar-refractivity contribution is 5.95. The normalized spacial score (nSPS) is 14.8. The molecule has 0 aliphatic carbocycles. The monoisotopic (exact) mass is 352 g/mol. The summed E-state index contributed by atoms with van der Waals surface area (Å²) < 4.78 is 0. The van der Waals surface area contributed by atoms with Gasteiger partial charge in [-0.05, 0) is 55.8 Å². The summed E-state index contributed by atoms with van der Waals surface area (Å²) in [6, 6.07) is 14.0. The van der Waals surface area contributed by atoms with Gasteiger partial charge in [-0.15, -0.1) is 0 Å². The number of nitrogens with one attached hydrogen (secondary N) is 1. The highest BCUT2D eigenvalue weighted by atomic mass is 16.6. The fraction of sp³-hybridized carbons (Fsp3) is 0.286. The van der Waals surface area contributed by atoms with Gasteiger partial charge in [-0.25, -0.2) is 4.84 Å². The molecule has 1 aliphatic heterocycles. The maximum Gasteiger partial charge on any atom is 0.186 e. The molecule has 0 saturated heterocycles. The lowest BCUT2D eigenvalue weighted by atomic mass is 10.0. The quantitative estimate of drug-likeness (QED) is 0.476. The number of rotatable bonds is 6. The second kappa shape index (κ2) is 8.27. The van der Waals surface area contributed by atoms with E-state index >= 15 is 0 Å². The molecule has 0 aromatic heterocycles. The Morgan fingerprint density at radius 3 is 2.81 bits per heavy atom. The SMILES string of the molecule is CO[NH2+]c1cc(C(C)=O)ccc1Nc1cccc(C2=CCCN(C)C2)c1. The molecule has 0 unspecified atom stereocenters. The maximum atomic E-state index is 11.6. The van der Waals surface area contributed by atoms with Crippen molar-refractivity contribution in [3.05, 3.63) is 59.7 Å². The molecule has 0 bridgehead atoms. The largest absolute Gasteiger partial charge is 0.351 e. The molecule has 5 heteroatoms. The number of nitrogens with zero attached hydrogens (tertiary/aromatic N) is 1. The van der Waals surface area contributed by atoms with Gasteiger partial charge in [0.05, 0.1) is 7.11 Å². The number of benzene rings is 2. The van der Waals surface area contributed by atoms with Crippen LogP contribution in [-0.2, 0) is 4.84 Å². The van der Waals surface area contributed by atoms with Crippen LogP contribution in [0.25, 0.3) is 5.57 Å². The van der Waals surface area contributed by atoms with Crippen LogP contribution in [0.2, 0.25) is 0 Å². The molecule has 3 N–H and O–H groups in total. The average molecular weight is 352 g/mol. The molecule has 0 radical (unpaired) electrons. The molecule has 1 aliphatic rings. The van der Waals surface area contributed by atoms with Gasteiger partial charge in [-0.2, -0.15) is 5.48 Å². The smallest absolute Gasteiger partial charge is 0.186 e. The number of Topliss-reactive ketones (excluding diaryl/α,β-unsaturated/α-hetero) is 1. The Labute approximate surface area is 154 Å². The zero-order valence-electron chi connectivity index (χ0n) is 15.6. The van der Waals surface area contributed by atoms with Gasteiger partial charge in [-0.3, -0.25) is 4.79 Å². The Bertz CT molecular complexity index is 830. The molecule has 1 heterocycles. The lowest BCUT2D eigenvalue weighted by Crippen LogP contribution is -2.76. The number of carbonyl (C=O) groups excluding carboxylic acids is 1. The van der Waals surface area contributed by atoms with E-state index in [9.17, 15) is 4.79 Å². The van der Waals surface area contributed by atoms with Crippen molar-refractivity contribution in [2.75, 3.05) is 32.6 Å². The van der Waals surface area contributed by atoms with Crippen LogP contribution in [0.15, 0.2) is 48.5 Å². The van der Waals surface area contributed by atoms with Crippen molar-refractivity contribution in [1.82, 2.24) is 4.90 Å². The molecule has 3 rings (SSSR count). The minimum atomic E-state index is 0.0395. The Balaban J connectivity index is 1.86. The molecule has 0 atom stereocenters. The van der Waals surface area contributed by atoms with Crippen molar-refractivity contribution in [1.29, 1.82) is 0 Å². The fourth-order valence-corrected chi connectivity index (χ4v) is 3.17. The van der Waals surface area contributed by atoms with E-state index in [1.54, 1.807) is 19.5 Å². The van der Waals surface area contributed by atoms with Gasteiger partial charge in [0.2, 0.25) is 0 Å². The molecule has 0 fully saturated rings. The van der Waals surface area contributed by atoms with Crippen molar-refractivity contribution in [3.63, 3.8) is 0 Å². The molecular weight excluding hydrogens is 326 g/mol. The van der Waals surface area contributed by atoms with Crippen molar-refractivity contribution >= 4 is 28.4 Å². The third kappa shape index (κ3) is 4.38. The first-order valence-corrected chi connectivity index (χ1v) is 8.83. The van der Waals surface area contributed by atoms with E-state index in [-0.39, 0.29) is 5.78 Å². The third-order valence-electron chi connectivity index (χ3n) is 4.56. The van der Waals surface area contributed by atoms with E-state index in [4.69, 9.17) is 4.84 Å². The Hall–Kier alpha value is -2.47. The molecule has 0 saturated carbocycles. The maximum absolute atomic E-state index is 11.6. The van der Waals surface area contributed by atoms with Gasteiger partial charge in [-0.1, -0.05) is 18.2 Å². The van der Waals surface area contributed by atoms with Crippen LogP contribution in [0.5, 0.6) is 0 Å². The van der Waals surface area contributed by atoms with Gasteiger partial charge in [0.1, 0.15) is 5.69 Å². The summed E-state index contributed by atoms with van der Waals surface area (Å²) in [5.74, 6) is 0.0395. The fourth-order valence-electron chi connectivity index (χ4n) is 3.17. The molecule has 0 amide bonds. The molecule has 0 spiro atoms. The zero-order chi connectivity index (χ0) is 18.5. The molecule has 5 nitrogen and oxygen atoms in total. The Morgan fingerprint density at radius 1 is 1.23 bits per heavy atom. The van der Waals surface area contributed by atoms with Gasteiger partial charge >= 0.3 is 0 Å². The third-order valence-corrected chi connectivity index (χ3v) is 4.56. The lowest BCUT2D eigenvalue weighted by Gasteiger charge is -2.23. The van der Waals surface area contributed by atoms with Gasteiger partial charge in [0.15, 0.2) is 11.5 Å². The van der Waals surface area contributed by atoms with Gasteiger partial charge in [0, 0.05) is 30.4 Å². The van der Waals surface area contributed by atoms with Crippen molar-refractivity contribution in [2.24, 2.45) is 0 Å².